The van der Waals surface area contributed by atoms with E-state index in [1.807, 2.05) is 0 Å². The van der Waals surface area contributed by atoms with Crippen LogP contribution in [-0.4, -0.2) is 67.5 Å². The molecule has 0 aliphatic heterocycles. The minimum atomic E-state index is -5.25. The third-order valence-corrected chi connectivity index (χ3v) is 10.8. The van der Waals surface area contributed by atoms with Gasteiger partial charge in [0.1, 0.15) is 58.0 Å². The summed E-state index contributed by atoms with van der Waals surface area (Å²) in [6.45, 7) is 0. The van der Waals surface area contributed by atoms with Crippen molar-refractivity contribution in [2.75, 3.05) is 37.4 Å². The molecule has 0 aliphatic carbocycles. The number of nitrogens with one attached hydrogen (secondary N) is 3. The largest absolute Gasteiger partial charge is 0.496 e. The lowest BCUT2D eigenvalue weighted by Gasteiger charge is -2.19. The number of aromatic nitrogens is 4. The topological polar surface area (TPSA) is 185 Å². The van der Waals surface area contributed by atoms with Gasteiger partial charge in [0.2, 0.25) is 11.9 Å². The van der Waals surface area contributed by atoms with Crippen LogP contribution < -0.4 is 20.1 Å². The summed E-state index contributed by atoms with van der Waals surface area (Å²) in [5.74, 6) is -7.32. The summed E-state index contributed by atoms with van der Waals surface area (Å²) in [5, 5.41) is 5.39. The van der Waals surface area contributed by atoms with E-state index in [2.05, 4.69) is 34.9 Å². The molecule has 4 aromatic heterocycles. The molecule has 4 heterocycles. The molecule has 24 heteroatoms. The van der Waals surface area contributed by atoms with Crippen LogP contribution >= 0.6 is 0 Å². The molecule has 1 unspecified atom stereocenters. The first-order valence-corrected chi connectivity index (χ1v) is 22.4. The molecule has 64 heavy (non-hydrogen) atoms. The summed E-state index contributed by atoms with van der Waals surface area (Å²) in [6, 6.07) is 14.3. The van der Waals surface area contributed by atoms with Crippen LogP contribution in [0, 0.1) is 39.9 Å². The van der Waals surface area contributed by atoms with Crippen molar-refractivity contribution < 1.29 is 62.5 Å². The maximum atomic E-state index is 14.5. The first-order valence-electron chi connectivity index (χ1n) is 17.9. The van der Waals surface area contributed by atoms with Gasteiger partial charge in [-0.05, 0) is 78.0 Å². The number of carbonyl (C=O) groups excluding carboxylic acids is 1. The Bertz CT molecular complexity index is 2880. The first kappa shape index (κ1) is 48.4. The zero-order valence-corrected chi connectivity index (χ0v) is 35.3. The van der Waals surface area contributed by atoms with Crippen LogP contribution in [0.25, 0.3) is 22.3 Å². The van der Waals surface area contributed by atoms with Crippen molar-refractivity contribution >= 4 is 49.0 Å². The number of halogens is 9. The predicted molar refractivity (Wildman–Crippen MR) is 222 cm³/mol. The van der Waals surface area contributed by atoms with Crippen molar-refractivity contribution in [3.63, 3.8) is 0 Å². The summed E-state index contributed by atoms with van der Waals surface area (Å²) in [4.78, 5) is 26.1. The summed E-state index contributed by atoms with van der Waals surface area (Å²) < 4.78 is 163. The highest BCUT2D eigenvalue weighted by atomic mass is 32.3. The van der Waals surface area contributed by atoms with Crippen molar-refractivity contribution in [1.82, 2.24) is 19.9 Å². The number of nitrogens with zero attached hydrogens (tertiary/aromatic N) is 5. The fraction of sp³-hybridized carbons (Fsp3) is 0.175. The Balaban J connectivity index is 0.000000245. The fourth-order valence-corrected chi connectivity index (χ4v) is 8.07. The Morgan fingerprint density at radius 1 is 0.719 bits per heavy atom. The van der Waals surface area contributed by atoms with E-state index >= 15 is 0 Å². The number of anilines is 4. The van der Waals surface area contributed by atoms with Gasteiger partial charge in [-0.15, -0.1) is 10.1 Å². The number of alkyl halides is 3. The molecule has 13 nitrogen and oxygen atoms in total. The van der Waals surface area contributed by atoms with Gasteiger partial charge in [-0.25, -0.2) is 41.7 Å². The van der Waals surface area contributed by atoms with Gasteiger partial charge in [-0.2, -0.15) is 26.3 Å². The lowest BCUT2D eigenvalue weighted by molar-refractivity contribution is -0.169. The standard InChI is InChI=1S/C21H18F6N4O3S.C19H17F3N4O2S/c1-34-16-7-12(22)3-4-13(16)14-8-18(28-9-15(14)23)30-19-6-11(5-17(24)29-19)10-35(2,33)31-20(32)21(25,26)27;1-28-16-7-12(20)3-4-13(16)14-8-18(24-9-15(14)21)26-19-6-11(5-17(22)25-19)10-29(2,23)27/h3-9,35H,10H2,1-2H3,(H,28,29,30)(H,31,32,33);3-9,23H,10H2,1-2H3,(H,24,25,26). The molecule has 6 aromatic rings. The van der Waals surface area contributed by atoms with Crippen LogP contribution in [0.15, 0.2) is 89.6 Å². The van der Waals surface area contributed by atoms with Gasteiger partial charge >= 0.3 is 12.1 Å². The summed E-state index contributed by atoms with van der Waals surface area (Å²) in [7, 11) is -4.04. The molecule has 1 amide bonds. The van der Waals surface area contributed by atoms with E-state index < -0.39 is 72.8 Å². The maximum Gasteiger partial charge on any atom is 0.474 e. The Hall–Kier alpha value is -6.66. The van der Waals surface area contributed by atoms with Gasteiger partial charge in [0.15, 0.2) is 0 Å². The minimum absolute atomic E-state index is 0.000373. The molecule has 0 saturated carbocycles. The molecular weight excluding hydrogens is 908 g/mol. The molecule has 4 N–H and O–H groups in total. The van der Waals surface area contributed by atoms with Crippen LogP contribution in [0.1, 0.15) is 11.1 Å². The molecule has 0 fully saturated rings. The Morgan fingerprint density at radius 2 is 1.16 bits per heavy atom. The zero-order valence-electron chi connectivity index (χ0n) is 33.6. The van der Waals surface area contributed by atoms with E-state index in [1.165, 1.54) is 62.9 Å². The molecule has 0 radical (unpaired) electrons. The molecule has 0 bridgehead atoms. The second-order valence-corrected chi connectivity index (χ2v) is 18.7. The molecule has 0 spiro atoms. The van der Waals surface area contributed by atoms with Gasteiger partial charge in [-0.3, -0.25) is 9.57 Å². The highest BCUT2D eigenvalue weighted by molar-refractivity contribution is 7.98. The van der Waals surface area contributed by atoms with Crippen LogP contribution in [0.4, 0.5) is 62.8 Å². The van der Waals surface area contributed by atoms with Crippen molar-refractivity contribution in [3.05, 3.63) is 131 Å². The number of carbonyl (C=O) groups is 1. The quantitative estimate of drug-likeness (QED) is 0.0447. The Labute approximate surface area is 360 Å². The third kappa shape index (κ3) is 13.4. The number of rotatable bonds is 12. The van der Waals surface area contributed by atoms with E-state index in [0.717, 1.165) is 49.0 Å². The normalized spacial score (nSPS) is 12.6. The molecule has 6 rings (SSSR count). The highest BCUT2D eigenvalue weighted by Crippen LogP contribution is 2.35. The molecular formula is C40H35F9N8O5S2. The van der Waals surface area contributed by atoms with Crippen molar-refractivity contribution in [3.8, 4) is 33.8 Å². The van der Waals surface area contributed by atoms with E-state index in [9.17, 15) is 53.1 Å². The molecule has 340 valence electrons. The lowest BCUT2D eigenvalue weighted by atomic mass is 10.0. The molecule has 0 saturated heterocycles. The Kier molecular flexibility index (Phi) is 15.0. The smallest absolute Gasteiger partial charge is 0.474 e. The molecule has 2 aromatic carbocycles. The monoisotopic (exact) mass is 942 g/mol. The molecule has 1 atom stereocenters. The van der Waals surface area contributed by atoms with Crippen molar-refractivity contribution in [1.29, 1.82) is 4.78 Å². The average molecular weight is 943 g/mol. The van der Waals surface area contributed by atoms with E-state index in [1.54, 1.807) is 0 Å². The van der Waals surface area contributed by atoms with Gasteiger partial charge in [0, 0.05) is 56.1 Å². The summed E-state index contributed by atoms with van der Waals surface area (Å²) in [5.41, 5.74) is 0.920. The number of hydrogen-bond donors (Lipinski definition) is 5. The van der Waals surface area contributed by atoms with Crippen LogP contribution in [0.3, 0.4) is 0 Å². The number of methoxy groups -OCH3 is 2. The molecule has 0 aliphatic rings. The van der Waals surface area contributed by atoms with Crippen LogP contribution in [0.5, 0.6) is 11.5 Å². The van der Waals surface area contributed by atoms with Crippen LogP contribution in [-0.2, 0) is 36.1 Å². The number of thiol groups is 1. The Morgan fingerprint density at radius 3 is 1.58 bits per heavy atom. The zero-order chi connectivity index (χ0) is 47.1. The number of benzene rings is 2. The maximum absolute atomic E-state index is 14.5. The highest BCUT2D eigenvalue weighted by Gasteiger charge is 2.39. The SMILES string of the molecule is COc1cc(F)ccc1-c1cc(Nc2cc(CS(C)(=N)=O)cc(F)n2)ncc1F.COc1cc(F)ccc1-c1cc(Nc2cc(C[SH](C)(O)=NC(=O)C(F)(F)F)cc(F)n2)ncc1F. The van der Waals surface area contributed by atoms with Crippen molar-refractivity contribution in [2.45, 2.75) is 17.7 Å². The predicted octanol–water partition coefficient (Wildman–Crippen LogP) is 9.56. The summed E-state index contributed by atoms with van der Waals surface area (Å²) in [6.07, 6.45) is -1.21. The van der Waals surface area contributed by atoms with Gasteiger partial charge in [0.25, 0.3) is 0 Å². The summed E-state index contributed by atoms with van der Waals surface area (Å²) >= 11 is 0. The average Bonchev–Trinajstić information content (AvgIpc) is 3.18. The van der Waals surface area contributed by atoms with E-state index in [-0.39, 0.29) is 62.8 Å². The van der Waals surface area contributed by atoms with Crippen molar-refractivity contribution in [2.24, 2.45) is 4.36 Å². The lowest BCUT2D eigenvalue weighted by Crippen LogP contribution is -2.24. The number of amides is 1. The van der Waals surface area contributed by atoms with Gasteiger partial charge in [-0.1, -0.05) is 0 Å². The number of hydrogen-bond acceptors (Lipinski definition) is 11. The van der Waals surface area contributed by atoms with E-state index in [4.69, 9.17) is 14.3 Å². The van der Waals surface area contributed by atoms with E-state index in [0.29, 0.717) is 11.1 Å². The fourth-order valence-electron chi connectivity index (χ4n) is 5.82. The number of pyridine rings is 4. The van der Waals surface area contributed by atoms with Crippen LogP contribution in [0.2, 0.25) is 0 Å². The first-order chi connectivity index (χ1) is 29.9. The second-order valence-electron chi connectivity index (χ2n) is 13.7. The third-order valence-electron chi connectivity index (χ3n) is 8.31. The van der Waals surface area contributed by atoms with Gasteiger partial charge in [0.05, 0.1) is 32.4 Å². The second kappa shape index (κ2) is 19.8. The minimum Gasteiger partial charge on any atom is -0.496 e. The van der Waals surface area contributed by atoms with Gasteiger partial charge < -0.3 is 24.7 Å². The number of ether oxygens (including phenoxy) is 2.